The van der Waals surface area contributed by atoms with Crippen LogP contribution in [0.3, 0.4) is 0 Å². The van der Waals surface area contributed by atoms with Gasteiger partial charge in [-0.3, -0.25) is 4.79 Å². The molecule has 1 unspecified atom stereocenters. The van der Waals surface area contributed by atoms with Gasteiger partial charge < -0.3 is 5.11 Å². The Hall–Kier alpha value is -3.85. The topological polar surface area (TPSA) is 37.3 Å². The van der Waals surface area contributed by atoms with E-state index in [-0.39, 0.29) is 0 Å². The first-order valence-corrected chi connectivity index (χ1v) is 9.22. The number of rotatable bonds is 3. The number of carbonyl (C=O) groups excluding carboxylic acids is 1. The Bertz CT molecular complexity index is 1120. The molecule has 0 aromatic heterocycles. The van der Waals surface area contributed by atoms with Gasteiger partial charge in [0.1, 0.15) is 6.29 Å². The van der Waals surface area contributed by atoms with Crippen molar-refractivity contribution in [3.05, 3.63) is 113 Å². The van der Waals surface area contributed by atoms with Gasteiger partial charge in [-0.2, -0.15) is 0 Å². The molecule has 0 fully saturated rings. The van der Waals surface area contributed by atoms with E-state index in [0.29, 0.717) is 17.4 Å². The van der Waals surface area contributed by atoms with Crippen LogP contribution in [0.5, 0.6) is 0 Å². The molecule has 0 aliphatic heterocycles. The molecule has 2 heteroatoms. The molecule has 1 N–H and O–H groups in total. The second-order valence-electron chi connectivity index (χ2n) is 6.52. The van der Waals surface area contributed by atoms with Gasteiger partial charge in [-0.25, -0.2) is 0 Å². The van der Waals surface area contributed by atoms with E-state index < -0.39 is 5.60 Å². The molecule has 1 atom stereocenters. The van der Waals surface area contributed by atoms with Crippen LogP contribution in [0.25, 0.3) is 5.57 Å². The lowest BCUT2D eigenvalue weighted by Gasteiger charge is -2.16. The summed E-state index contributed by atoms with van der Waals surface area (Å²) in [5.74, 6) is 11.8. The minimum absolute atomic E-state index is 0.521. The minimum atomic E-state index is -1.68. The molecule has 0 amide bonds. The summed E-state index contributed by atoms with van der Waals surface area (Å²) in [6, 6.07) is 26.2. The zero-order chi connectivity index (χ0) is 20.5. The molecule has 0 aliphatic carbocycles. The number of benzene rings is 3. The summed E-state index contributed by atoms with van der Waals surface area (Å²) < 4.78 is 0. The van der Waals surface area contributed by atoms with Crippen molar-refractivity contribution >= 4 is 11.9 Å². The van der Waals surface area contributed by atoms with Gasteiger partial charge in [0.25, 0.3) is 0 Å². The van der Waals surface area contributed by atoms with Crippen LogP contribution in [0.15, 0.2) is 91.0 Å². The van der Waals surface area contributed by atoms with Crippen molar-refractivity contribution in [1.82, 2.24) is 0 Å². The number of carbonyl (C=O) groups is 1. The van der Waals surface area contributed by atoms with E-state index in [4.69, 9.17) is 0 Å². The van der Waals surface area contributed by atoms with Crippen LogP contribution in [0.1, 0.15) is 22.3 Å². The summed E-state index contributed by atoms with van der Waals surface area (Å²) in [5.41, 5.74) is 2.08. The Morgan fingerprint density at radius 1 is 0.862 bits per heavy atom. The van der Waals surface area contributed by atoms with Gasteiger partial charge in [-0.15, -0.1) is 0 Å². The van der Waals surface area contributed by atoms with Gasteiger partial charge >= 0.3 is 0 Å². The molecule has 0 saturated heterocycles. The highest BCUT2D eigenvalue weighted by atomic mass is 16.3. The standard InChI is InChI=1S/C27H20O2/c1-22-12-14-26(15-13-22)27(29,19-16-23-8-4-2-5-9-23)20-17-25(18-21-28)24-10-6-3-7-11-24/h2-15,18,21,29H,1H3/b25-18+. The molecule has 3 aromatic carbocycles. The first-order valence-electron chi connectivity index (χ1n) is 9.22. The van der Waals surface area contributed by atoms with Gasteiger partial charge in [0.05, 0.1) is 0 Å². The third-order valence-electron chi connectivity index (χ3n) is 4.33. The fourth-order valence-electron chi connectivity index (χ4n) is 2.71. The van der Waals surface area contributed by atoms with E-state index >= 15 is 0 Å². The van der Waals surface area contributed by atoms with Gasteiger partial charge in [0.2, 0.25) is 5.60 Å². The largest absolute Gasteiger partial charge is 0.363 e. The maximum absolute atomic E-state index is 11.3. The van der Waals surface area contributed by atoms with Crippen LogP contribution in [0.2, 0.25) is 0 Å². The van der Waals surface area contributed by atoms with E-state index in [9.17, 15) is 9.90 Å². The van der Waals surface area contributed by atoms with Crippen LogP contribution in [-0.2, 0) is 10.4 Å². The first kappa shape index (κ1) is 19.9. The smallest absolute Gasteiger partial charge is 0.214 e. The Kier molecular flexibility index (Phi) is 6.43. The average molecular weight is 376 g/mol. The van der Waals surface area contributed by atoms with Crippen molar-refractivity contribution in [2.45, 2.75) is 12.5 Å². The summed E-state index contributed by atoms with van der Waals surface area (Å²) >= 11 is 0. The summed E-state index contributed by atoms with van der Waals surface area (Å²) in [4.78, 5) is 11.1. The normalized spacial score (nSPS) is 12.6. The molecule has 0 heterocycles. The number of aldehydes is 1. The van der Waals surface area contributed by atoms with Crippen molar-refractivity contribution in [2.75, 3.05) is 0 Å². The maximum atomic E-state index is 11.3. The SMILES string of the molecule is Cc1ccc(C(O)(C#C/C(=C\C=O)c2ccccc2)C#Cc2ccccc2)cc1. The highest BCUT2D eigenvalue weighted by molar-refractivity contribution is 5.89. The summed E-state index contributed by atoms with van der Waals surface area (Å²) in [7, 11) is 0. The van der Waals surface area contributed by atoms with E-state index in [1.165, 1.54) is 6.08 Å². The molecule has 0 aliphatic rings. The predicted molar refractivity (Wildman–Crippen MR) is 117 cm³/mol. The molecule has 0 radical (unpaired) electrons. The van der Waals surface area contributed by atoms with Crippen LogP contribution < -0.4 is 0 Å². The van der Waals surface area contributed by atoms with E-state index in [2.05, 4.69) is 23.7 Å². The molecule has 29 heavy (non-hydrogen) atoms. The third kappa shape index (κ3) is 5.33. The predicted octanol–water partition coefficient (Wildman–Crippen LogP) is 4.52. The van der Waals surface area contributed by atoms with Crippen molar-refractivity contribution in [2.24, 2.45) is 0 Å². The van der Waals surface area contributed by atoms with Crippen molar-refractivity contribution in [3.8, 4) is 23.7 Å². The van der Waals surface area contributed by atoms with Crippen LogP contribution in [0, 0.1) is 30.6 Å². The average Bonchev–Trinajstić information content (AvgIpc) is 2.77. The second kappa shape index (κ2) is 9.38. The number of hydrogen-bond donors (Lipinski definition) is 1. The lowest BCUT2D eigenvalue weighted by molar-refractivity contribution is -0.104. The Morgan fingerprint density at radius 3 is 2.10 bits per heavy atom. The number of hydrogen-bond acceptors (Lipinski definition) is 2. The molecular weight excluding hydrogens is 356 g/mol. The quantitative estimate of drug-likeness (QED) is 0.415. The number of aryl methyl sites for hydroxylation is 1. The monoisotopic (exact) mass is 376 g/mol. The summed E-state index contributed by atoms with van der Waals surface area (Å²) in [6.45, 7) is 1.98. The third-order valence-corrected chi connectivity index (χ3v) is 4.33. The maximum Gasteiger partial charge on any atom is 0.214 e. The lowest BCUT2D eigenvalue weighted by Crippen LogP contribution is -2.21. The molecule has 0 spiro atoms. The highest BCUT2D eigenvalue weighted by Crippen LogP contribution is 2.22. The molecule has 0 saturated carbocycles. The van der Waals surface area contributed by atoms with E-state index in [1.807, 2.05) is 91.9 Å². The van der Waals surface area contributed by atoms with Gasteiger partial charge in [0.15, 0.2) is 0 Å². The van der Waals surface area contributed by atoms with E-state index in [0.717, 1.165) is 16.7 Å². The molecule has 3 aromatic rings. The Morgan fingerprint density at radius 2 is 1.48 bits per heavy atom. The second-order valence-corrected chi connectivity index (χ2v) is 6.52. The summed E-state index contributed by atoms with van der Waals surface area (Å²) in [6.07, 6.45) is 2.08. The fourth-order valence-corrected chi connectivity index (χ4v) is 2.71. The zero-order valence-electron chi connectivity index (χ0n) is 16.1. The molecule has 3 rings (SSSR count). The molecule has 140 valence electrons. The van der Waals surface area contributed by atoms with E-state index in [1.54, 1.807) is 0 Å². The van der Waals surface area contributed by atoms with Gasteiger partial charge in [-0.05, 0) is 42.5 Å². The first-order chi connectivity index (χ1) is 14.1. The highest BCUT2D eigenvalue weighted by Gasteiger charge is 2.24. The Balaban J connectivity index is 2.08. The summed E-state index contributed by atoms with van der Waals surface area (Å²) in [5, 5.41) is 11.3. The Labute approximate surface area is 171 Å². The van der Waals surface area contributed by atoms with Gasteiger partial charge in [-0.1, -0.05) is 90.2 Å². The molecule has 0 bridgehead atoms. The minimum Gasteiger partial charge on any atom is -0.363 e. The molecular formula is C27H20O2. The number of allylic oxidation sites excluding steroid dienone is 2. The molecule has 2 nitrogen and oxygen atoms in total. The fraction of sp³-hybridized carbons (Fsp3) is 0.0741. The van der Waals surface area contributed by atoms with Crippen LogP contribution in [0.4, 0.5) is 0 Å². The van der Waals surface area contributed by atoms with Crippen molar-refractivity contribution in [1.29, 1.82) is 0 Å². The van der Waals surface area contributed by atoms with Crippen molar-refractivity contribution < 1.29 is 9.90 Å². The lowest BCUT2D eigenvalue weighted by atomic mass is 9.93. The number of aliphatic hydroxyl groups is 1. The van der Waals surface area contributed by atoms with Crippen LogP contribution >= 0.6 is 0 Å². The van der Waals surface area contributed by atoms with Crippen molar-refractivity contribution in [3.63, 3.8) is 0 Å². The van der Waals surface area contributed by atoms with Crippen LogP contribution in [-0.4, -0.2) is 11.4 Å². The van der Waals surface area contributed by atoms with Gasteiger partial charge in [0, 0.05) is 16.7 Å². The zero-order valence-corrected chi connectivity index (χ0v) is 16.1.